The van der Waals surface area contributed by atoms with Crippen molar-refractivity contribution in [3.63, 3.8) is 0 Å². The van der Waals surface area contributed by atoms with Gasteiger partial charge < -0.3 is 4.52 Å². The molecule has 4 aromatic rings. The molecule has 0 radical (unpaired) electrons. The molecule has 2 heterocycles. The van der Waals surface area contributed by atoms with Crippen LogP contribution in [0.1, 0.15) is 11.5 Å². The smallest absolute Gasteiger partial charge is 0.261 e. The number of hydrogen-bond donors (Lipinski definition) is 1. The molecule has 0 atom stereocenters. The lowest BCUT2D eigenvalue weighted by atomic mass is 10.1. The van der Waals surface area contributed by atoms with Crippen molar-refractivity contribution in [3.05, 3.63) is 89.0 Å². The molecule has 146 valence electrons. The molecule has 0 bridgehead atoms. The highest BCUT2D eigenvalue weighted by Gasteiger charge is 2.17. The predicted molar refractivity (Wildman–Crippen MR) is 112 cm³/mol. The summed E-state index contributed by atoms with van der Waals surface area (Å²) in [4.78, 5) is 8.60. The molecule has 4 rings (SSSR count). The van der Waals surface area contributed by atoms with Crippen molar-refractivity contribution in [2.75, 3.05) is 4.72 Å². The first-order valence-corrected chi connectivity index (χ1v) is 10.9. The molecule has 2 aromatic heterocycles. The minimum atomic E-state index is -3.73. The second kappa shape index (κ2) is 8.14. The molecule has 7 nitrogen and oxygen atoms in total. The van der Waals surface area contributed by atoms with Gasteiger partial charge in [0.2, 0.25) is 11.7 Å². The zero-order valence-corrected chi connectivity index (χ0v) is 17.4. The summed E-state index contributed by atoms with van der Waals surface area (Å²) in [5.41, 5.74) is 1.91. The van der Waals surface area contributed by atoms with Gasteiger partial charge in [-0.1, -0.05) is 39.3 Å². The minimum absolute atomic E-state index is 0.173. The van der Waals surface area contributed by atoms with Crippen LogP contribution in [-0.2, 0) is 16.4 Å². The number of para-hydroxylation sites is 1. The Morgan fingerprint density at radius 3 is 2.55 bits per heavy atom. The van der Waals surface area contributed by atoms with Gasteiger partial charge in [-0.25, -0.2) is 8.42 Å². The van der Waals surface area contributed by atoms with Crippen LogP contribution in [0.5, 0.6) is 0 Å². The minimum Gasteiger partial charge on any atom is -0.339 e. The molecule has 29 heavy (non-hydrogen) atoms. The van der Waals surface area contributed by atoms with Crippen molar-refractivity contribution >= 4 is 31.6 Å². The lowest BCUT2D eigenvalue weighted by Gasteiger charge is -2.11. The molecule has 2 aromatic carbocycles. The van der Waals surface area contributed by atoms with E-state index in [4.69, 9.17) is 4.52 Å². The Bertz CT molecular complexity index is 1230. The molecule has 0 aliphatic rings. The zero-order valence-electron chi connectivity index (χ0n) is 15.0. The molecular formula is C20H15BrN4O3S. The number of nitrogens with one attached hydrogen (secondary N) is 1. The van der Waals surface area contributed by atoms with Crippen LogP contribution in [-0.4, -0.2) is 23.5 Å². The monoisotopic (exact) mass is 470 g/mol. The van der Waals surface area contributed by atoms with Crippen LogP contribution in [0.4, 0.5) is 5.69 Å². The number of nitrogens with zero attached hydrogens (tertiary/aromatic N) is 3. The standard InChI is InChI=1S/C20H15BrN4O3S/c21-16-7-9-17(10-8-16)29(26,27)25-18-6-2-1-4-14(18)12-19-23-20(24-28-19)15-5-3-11-22-13-15/h1-11,13,25H,12H2. The number of benzene rings is 2. The number of rotatable bonds is 6. The van der Waals surface area contributed by atoms with E-state index in [2.05, 4.69) is 35.8 Å². The number of hydrogen-bond acceptors (Lipinski definition) is 6. The average Bonchev–Trinajstić information content (AvgIpc) is 3.19. The van der Waals surface area contributed by atoms with Crippen LogP contribution < -0.4 is 4.72 Å². The molecule has 0 unspecified atom stereocenters. The molecule has 9 heteroatoms. The largest absolute Gasteiger partial charge is 0.339 e. The van der Waals surface area contributed by atoms with Crippen LogP contribution in [0.3, 0.4) is 0 Å². The van der Waals surface area contributed by atoms with Gasteiger partial charge >= 0.3 is 0 Å². The number of aromatic nitrogens is 3. The van der Waals surface area contributed by atoms with Crippen molar-refractivity contribution < 1.29 is 12.9 Å². The van der Waals surface area contributed by atoms with Crippen LogP contribution in [0, 0.1) is 0 Å². The SMILES string of the molecule is O=S(=O)(Nc1ccccc1Cc1nc(-c2cccnc2)no1)c1ccc(Br)cc1. The first-order valence-electron chi connectivity index (χ1n) is 8.60. The number of sulfonamides is 1. The molecule has 0 saturated carbocycles. The van der Waals surface area contributed by atoms with E-state index in [0.717, 1.165) is 15.6 Å². The van der Waals surface area contributed by atoms with Gasteiger partial charge in [-0.3, -0.25) is 9.71 Å². The van der Waals surface area contributed by atoms with Gasteiger partial charge in [0.25, 0.3) is 10.0 Å². The van der Waals surface area contributed by atoms with E-state index >= 15 is 0 Å². The maximum absolute atomic E-state index is 12.7. The molecule has 0 aliphatic carbocycles. The Hall–Kier alpha value is -3.04. The van der Waals surface area contributed by atoms with Crippen LogP contribution >= 0.6 is 15.9 Å². The quantitative estimate of drug-likeness (QED) is 0.451. The van der Waals surface area contributed by atoms with Gasteiger partial charge in [0.05, 0.1) is 17.0 Å². The molecule has 0 spiro atoms. The van der Waals surface area contributed by atoms with E-state index in [0.29, 0.717) is 17.4 Å². The Kier molecular flexibility index (Phi) is 5.41. The maximum atomic E-state index is 12.7. The van der Waals surface area contributed by atoms with Crippen molar-refractivity contribution in [1.82, 2.24) is 15.1 Å². The third-order valence-corrected chi connectivity index (χ3v) is 6.03. The highest BCUT2D eigenvalue weighted by molar-refractivity contribution is 9.10. The van der Waals surface area contributed by atoms with E-state index < -0.39 is 10.0 Å². The van der Waals surface area contributed by atoms with E-state index in [1.807, 2.05) is 18.2 Å². The molecule has 0 fully saturated rings. The van der Waals surface area contributed by atoms with Gasteiger partial charge in [0, 0.05) is 22.4 Å². The third kappa shape index (κ3) is 4.52. The Morgan fingerprint density at radius 2 is 1.79 bits per heavy atom. The van der Waals surface area contributed by atoms with Crippen molar-refractivity contribution in [1.29, 1.82) is 0 Å². The summed E-state index contributed by atoms with van der Waals surface area (Å²) >= 11 is 3.30. The topological polar surface area (TPSA) is 98.0 Å². The fourth-order valence-corrected chi connectivity index (χ4v) is 4.06. The van der Waals surface area contributed by atoms with Crippen molar-refractivity contribution in [3.8, 4) is 11.4 Å². The second-order valence-electron chi connectivity index (χ2n) is 6.15. The van der Waals surface area contributed by atoms with Gasteiger partial charge in [-0.15, -0.1) is 0 Å². The van der Waals surface area contributed by atoms with E-state index in [1.165, 1.54) is 12.1 Å². The fourth-order valence-electron chi connectivity index (χ4n) is 2.69. The van der Waals surface area contributed by atoms with Crippen LogP contribution in [0.2, 0.25) is 0 Å². The lowest BCUT2D eigenvalue weighted by molar-refractivity contribution is 0.386. The van der Waals surface area contributed by atoms with E-state index in [9.17, 15) is 8.42 Å². The third-order valence-electron chi connectivity index (χ3n) is 4.12. The van der Waals surface area contributed by atoms with Crippen LogP contribution in [0.15, 0.2) is 86.9 Å². The first kappa shape index (κ1) is 19.3. The first-order chi connectivity index (χ1) is 14.0. The number of pyridine rings is 1. The van der Waals surface area contributed by atoms with Crippen molar-refractivity contribution in [2.24, 2.45) is 0 Å². The maximum Gasteiger partial charge on any atom is 0.261 e. The molecule has 0 saturated heterocycles. The average molecular weight is 471 g/mol. The molecular weight excluding hydrogens is 456 g/mol. The molecule has 1 N–H and O–H groups in total. The summed E-state index contributed by atoms with van der Waals surface area (Å²) in [5.74, 6) is 0.806. The summed E-state index contributed by atoms with van der Waals surface area (Å²) < 4.78 is 34.2. The van der Waals surface area contributed by atoms with Gasteiger partial charge in [-0.05, 0) is 48.0 Å². The molecule has 0 amide bonds. The normalized spacial score (nSPS) is 11.3. The van der Waals surface area contributed by atoms with Crippen LogP contribution in [0.25, 0.3) is 11.4 Å². The number of anilines is 1. The zero-order chi connectivity index (χ0) is 20.3. The number of halogens is 1. The summed E-state index contributed by atoms with van der Waals surface area (Å²) in [7, 11) is -3.73. The predicted octanol–water partition coefficient (Wildman–Crippen LogP) is 4.29. The summed E-state index contributed by atoms with van der Waals surface area (Å²) in [6, 6.07) is 17.2. The second-order valence-corrected chi connectivity index (χ2v) is 8.74. The summed E-state index contributed by atoms with van der Waals surface area (Å²) in [5, 5.41) is 3.97. The van der Waals surface area contributed by atoms with Gasteiger partial charge in [-0.2, -0.15) is 4.98 Å². The lowest BCUT2D eigenvalue weighted by Crippen LogP contribution is -2.14. The van der Waals surface area contributed by atoms with Gasteiger partial charge in [0.1, 0.15) is 0 Å². The van der Waals surface area contributed by atoms with Crippen molar-refractivity contribution in [2.45, 2.75) is 11.3 Å². The summed E-state index contributed by atoms with van der Waals surface area (Å²) in [6.07, 6.45) is 3.60. The molecule has 0 aliphatic heterocycles. The van der Waals surface area contributed by atoms with E-state index in [1.54, 1.807) is 42.7 Å². The Morgan fingerprint density at radius 1 is 1.00 bits per heavy atom. The highest BCUT2D eigenvalue weighted by Crippen LogP contribution is 2.24. The highest BCUT2D eigenvalue weighted by atomic mass is 79.9. The van der Waals surface area contributed by atoms with Gasteiger partial charge in [0.15, 0.2) is 0 Å². The Labute approximate surface area is 176 Å². The fraction of sp³-hybridized carbons (Fsp3) is 0.0500. The summed E-state index contributed by atoms with van der Waals surface area (Å²) in [6.45, 7) is 0. The van der Waals surface area contributed by atoms with E-state index in [-0.39, 0.29) is 11.3 Å². The Balaban J connectivity index is 1.58.